The van der Waals surface area contributed by atoms with Gasteiger partial charge in [-0.25, -0.2) is 0 Å². The molecule has 1 heterocycles. The second kappa shape index (κ2) is 3.91. The number of nitrogens with one attached hydrogen (secondary N) is 1. The van der Waals surface area contributed by atoms with Crippen molar-refractivity contribution in [2.24, 2.45) is 0 Å². The van der Waals surface area contributed by atoms with E-state index in [1.807, 2.05) is 30.3 Å². The maximum absolute atomic E-state index is 10.9. The summed E-state index contributed by atoms with van der Waals surface area (Å²) in [4.78, 5) is 14.0. The molecule has 0 fully saturated rings. The minimum absolute atomic E-state index is 0.706. The quantitative estimate of drug-likeness (QED) is 0.658. The first-order chi connectivity index (χ1) is 8.38. The lowest BCUT2D eigenvalue weighted by Gasteiger charge is -2.01. The number of benzene rings is 2. The molecule has 0 aliphatic rings. The second-order valence-electron chi connectivity index (χ2n) is 3.99. The fourth-order valence-corrected chi connectivity index (χ4v) is 2.05. The van der Waals surface area contributed by atoms with Crippen LogP contribution in [0, 0.1) is 0 Å². The summed E-state index contributed by atoms with van der Waals surface area (Å²) in [6.07, 6.45) is 2.63. The average Bonchev–Trinajstić information content (AvgIpc) is 2.81. The molecule has 0 bridgehead atoms. The molecule has 3 rings (SSSR count). The molecule has 0 saturated carbocycles. The molecule has 0 aliphatic carbocycles. The van der Waals surface area contributed by atoms with Crippen molar-refractivity contribution >= 4 is 17.2 Å². The largest absolute Gasteiger partial charge is 0.360 e. The molecule has 0 aliphatic heterocycles. The number of aromatic amines is 1. The van der Waals surface area contributed by atoms with Crippen molar-refractivity contribution in [3.63, 3.8) is 0 Å². The number of aldehydes is 1. The highest BCUT2D eigenvalue weighted by atomic mass is 16.1. The fourth-order valence-electron chi connectivity index (χ4n) is 2.05. The monoisotopic (exact) mass is 221 g/mol. The van der Waals surface area contributed by atoms with Gasteiger partial charge in [-0.15, -0.1) is 0 Å². The molecule has 1 N–H and O–H groups in total. The van der Waals surface area contributed by atoms with E-state index in [0.717, 1.165) is 28.3 Å². The number of carbonyl (C=O) groups excluding carboxylic acids is 1. The molecule has 0 atom stereocenters. The molecule has 82 valence electrons. The first kappa shape index (κ1) is 9.85. The van der Waals surface area contributed by atoms with Crippen molar-refractivity contribution in [2.45, 2.75) is 0 Å². The number of hydrogen-bond donors (Lipinski definition) is 1. The van der Waals surface area contributed by atoms with Gasteiger partial charge >= 0.3 is 0 Å². The van der Waals surface area contributed by atoms with Crippen LogP contribution < -0.4 is 0 Å². The Kier molecular flexibility index (Phi) is 2.26. The average molecular weight is 221 g/mol. The van der Waals surface area contributed by atoms with Gasteiger partial charge in [0.05, 0.1) is 0 Å². The highest BCUT2D eigenvalue weighted by molar-refractivity contribution is 5.99. The van der Waals surface area contributed by atoms with E-state index in [4.69, 9.17) is 0 Å². The van der Waals surface area contributed by atoms with Crippen LogP contribution in [0.2, 0.25) is 0 Å². The Balaban J connectivity index is 2.22. The molecule has 1 aromatic heterocycles. The van der Waals surface area contributed by atoms with Crippen molar-refractivity contribution in [1.82, 2.24) is 4.98 Å². The van der Waals surface area contributed by atoms with Gasteiger partial charge in [-0.2, -0.15) is 0 Å². The number of hydrogen-bond acceptors (Lipinski definition) is 1. The summed E-state index contributed by atoms with van der Waals surface area (Å²) in [5.74, 6) is 0. The van der Waals surface area contributed by atoms with Crippen LogP contribution in [0.1, 0.15) is 10.4 Å². The Hall–Kier alpha value is -2.35. The second-order valence-corrected chi connectivity index (χ2v) is 3.99. The van der Waals surface area contributed by atoms with Crippen LogP contribution >= 0.6 is 0 Å². The van der Waals surface area contributed by atoms with Gasteiger partial charge in [-0.1, -0.05) is 36.4 Å². The van der Waals surface area contributed by atoms with E-state index >= 15 is 0 Å². The molecule has 2 nitrogen and oxygen atoms in total. The van der Waals surface area contributed by atoms with E-state index in [-0.39, 0.29) is 0 Å². The third-order valence-corrected chi connectivity index (χ3v) is 2.95. The Morgan fingerprint density at radius 2 is 1.76 bits per heavy atom. The number of carbonyl (C=O) groups is 1. The van der Waals surface area contributed by atoms with Crippen molar-refractivity contribution in [3.05, 3.63) is 60.3 Å². The summed E-state index contributed by atoms with van der Waals surface area (Å²) in [5.41, 5.74) is 3.98. The van der Waals surface area contributed by atoms with E-state index in [9.17, 15) is 4.79 Å². The number of rotatable bonds is 2. The Labute approximate surface area is 98.9 Å². The zero-order valence-electron chi connectivity index (χ0n) is 9.18. The van der Waals surface area contributed by atoms with Gasteiger partial charge in [0, 0.05) is 22.7 Å². The summed E-state index contributed by atoms with van der Waals surface area (Å²) < 4.78 is 0. The maximum atomic E-state index is 10.9. The summed E-state index contributed by atoms with van der Waals surface area (Å²) in [6, 6.07) is 16.3. The van der Waals surface area contributed by atoms with Crippen molar-refractivity contribution in [1.29, 1.82) is 0 Å². The molecular weight excluding hydrogens is 210 g/mol. The summed E-state index contributed by atoms with van der Waals surface area (Å²) >= 11 is 0. The van der Waals surface area contributed by atoms with E-state index in [1.54, 1.807) is 6.20 Å². The van der Waals surface area contributed by atoms with Crippen LogP contribution in [0.4, 0.5) is 0 Å². The highest BCUT2D eigenvalue weighted by Gasteiger charge is 2.04. The van der Waals surface area contributed by atoms with Gasteiger partial charge in [0.2, 0.25) is 0 Å². The third kappa shape index (κ3) is 1.64. The van der Waals surface area contributed by atoms with E-state index in [1.165, 1.54) is 0 Å². The van der Waals surface area contributed by atoms with Crippen LogP contribution in [-0.4, -0.2) is 11.3 Å². The number of H-pyrrole nitrogens is 1. The van der Waals surface area contributed by atoms with E-state index < -0.39 is 0 Å². The SMILES string of the molecule is O=Cc1c[nH]c2ccc(-c3ccccc3)cc12. The van der Waals surface area contributed by atoms with Gasteiger partial charge in [-0.05, 0) is 23.3 Å². The summed E-state index contributed by atoms with van der Waals surface area (Å²) in [5, 5.41) is 0.973. The molecule has 2 heteroatoms. The smallest absolute Gasteiger partial charge is 0.152 e. The van der Waals surface area contributed by atoms with Gasteiger partial charge in [0.25, 0.3) is 0 Å². The van der Waals surface area contributed by atoms with Crippen molar-refractivity contribution in [2.75, 3.05) is 0 Å². The Morgan fingerprint density at radius 1 is 0.941 bits per heavy atom. The minimum atomic E-state index is 0.706. The summed E-state index contributed by atoms with van der Waals surface area (Å²) in [6.45, 7) is 0. The third-order valence-electron chi connectivity index (χ3n) is 2.95. The number of fused-ring (bicyclic) bond motifs is 1. The van der Waals surface area contributed by atoms with Gasteiger partial charge in [-0.3, -0.25) is 4.79 Å². The van der Waals surface area contributed by atoms with E-state index in [2.05, 4.69) is 23.2 Å². The Morgan fingerprint density at radius 3 is 2.53 bits per heavy atom. The molecule has 0 saturated heterocycles. The fraction of sp³-hybridized carbons (Fsp3) is 0. The first-order valence-corrected chi connectivity index (χ1v) is 5.50. The van der Waals surface area contributed by atoms with Crippen LogP contribution in [0.3, 0.4) is 0 Å². The van der Waals surface area contributed by atoms with Crippen molar-refractivity contribution in [3.8, 4) is 11.1 Å². The lowest BCUT2D eigenvalue weighted by Crippen LogP contribution is -1.79. The molecule has 0 unspecified atom stereocenters. The molecule has 3 aromatic rings. The van der Waals surface area contributed by atoms with Crippen molar-refractivity contribution < 1.29 is 4.79 Å². The van der Waals surface area contributed by atoms with Gasteiger partial charge < -0.3 is 4.98 Å². The van der Waals surface area contributed by atoms with Crippen LogP contribution in [0.5, 0.6) is 0 Å². The van der Waals surface area contributed by atoms with Crippen LogP contribution in [-0.2, 0) is 0 Å². The predicted octanol–water partition coefficient (Wildman–Crippen LogP) is 3.65. The maximum Gasteiger partial charge on any atom is 0.152 e. The van der Waals surface area contributed by atoms with Crippen LogP contribution in [0.15, 0.2) is 54.7 Å². The molecule has 0 amide bonds. The Bertz CT molecular complexity index is 668. The number of aromatic nitrogens is 1. The zero-order chi connectivity index (χ0) is 11.7. The van der Waals surface area contributed by atoms with Crippen LogP contribution in [0.25, 0.3) is 22.0 Å². The van der Waals surface area contributed by atoms with E-state index in [0.29, 0.717) is 5.56 Å². The molecule has 0 radical (unpaired) electrons. The predicted molar refractivity (Wildman–Crippen MR) is 69.1 cm³/mol. The standard InChI is InChI=1S/C15H11NO/c17-10-13-9-16-15-7-6-12(8-14(13)15)11-4-2-1-3-5-11/h1-10,16H. The lowest BCUT2D eigenvalue weighted by atomic mass is 10.0. The first-order valence-electron chi connectivity index (χ1n) is 5.50. The zero-order valence-corrected chi connectivity index (χ0v) is 9.18. The molecule has 0 spiro atoms. The normalized spacial score (nSPS) is 10.6. The highest BCUT2D eigenvalue weighted by Crippen LogP contribution is 2.25. The minimum Gasteiger partial charge on any atom is -0.360 e. The topological polar surface area (TPSA) is 32.9 Å². The summed E-state index contributed by atoms with van der Waals surface area (Å²) in [7, 11) is 0. The van der Waals surface area contributed by atoms with Gasteiger partial charge in [0.1, 0.15) is 0 Å². The molecule has 2 aromatic carbocycles. The lowest BCUT2D eigenvalue weighted by molar-refractivity contribution is 0.112. The molecule has 17 heavy (non-hydrogen) atoms. The molecular formula is C15H11NO. The van der Waals surface area contributed by atoms with Gasteiger partial charge in [0.15, 0.2) is 6.29 Å².